The van der Waals surface area contributed by atoms with E-state index in [1.807, 2.05) is 6.08 Å². The van der Waals surface area contributed by atoms with Crippen molar-refractivity contribution < 1.29 is 0 Å². The van der Waals surface area contributed by atoms with E-state index in [-0.39, 0.29) is 0 Å². The van der Waals surface area contributed by atoms with Crippen LogP contribution in [0, 0.1) is 0 Å². The molecule has 0 saturated heterocycles. The van der Waals surface area contributed by atoms with Gasteiger partial charge in [0.1, 0.15) is 0 Å². The molecule has 3 heteroatoms. The molecule has 1 unspecified atom stereocenters. The first-order chi connectivity index (χ1) is 5.79. The number of hydrogen-bond donors (Lipinski definition) is 1. The van der Waals surface area contributed by atoms with Crippen LogP contribution >= 0.6 is 0 Å². The Bertz CT molecular complexity index is 186. The first-order valence-electron chi connectivity index (χ1n) is 4.47. The van der Waals surface area contributed by atoms with Gasteiger partial charge in [-0.05, 0) is 6.42 Å². The number of nitrogens with two attached hydrogens (primary N) is 1. The van der Waals surface area contributed by atoms with Crippen molar-refractivity contribution >= 4 is 5.96 Å². The number of aliphatic imine (C=N–C) groups is 1. The van der Waals surface area contributed by atoms with E-state index in [4.69, 9.17) is 5.73 Å². The molecule has 0 spiro atoms. The van der Waals surface area contributed by atoms with Gasteiger partial charge in [0.15, 0.2) is 5.96 Å². The molecule has 1 aliphatic heterocycles. The lowest BCUT2D eigenvalue weighted by Gasteiger charge is -2.24. The Morgan fingerprint density at radius 1 is 1.83 bits per heavy atom. The minimum atomic E-state index is 0.507. The largest absolute Gasteiger partial charge is 0.370 e. The van der Waals surface area contributed by atoms with E-state index in [2.05, 4.69) is 23.4 Å². The van der Waals surface area contributed by atoms with Crippen LogP contribution in [0.1, 0.15) is 19.8 Å². The van der Waals surface area contributed by atoms with Crippen LogP contribution in [0.3, 0.4) is 0 Å². The molecule has 0 amide bonds. The van der Waals surface area contributed by atoms with Crippen LogP contribution in [-0.2, 0) is 0 Å². The van der Waals surface area contributed by atoms with E-state index in [0.29, 0.717) is 12.0 Å². The molecule has 0 fully saturated rings. The molecular weight excluding hydrogens is 150 g/mol. The average molecular weight is 167 g/mol. The number of hydrogen-bond acceptors (Lipinski definition) is 3. The zero-order valence-electron chi connectivity index (χ0n) is 7.66. The predicted molar refractivity (Wildman–Crippen MR) is 52.1 cm³/mol. The van der Waals surface area contributed by atoms with Crippen molar-refractivity contribution in [3.63, 3.8) is 0 Å². The van der Waals surface area contributed by atoms with E-state index in [0.717, 1.165) is 19.5 Å². The second kappa shape index (κ2) is 4.14. The molecular formula is C9H17N3. The molecule has 1 heterocycles. The Hall–Kier alpha value is -0.990. The second-order valence-corrected chi connectivity index (χ2v) is 3.08. The summed E-state index contributed by atoms with van der Waals surface area (Å²) in [5.41, 5.74) is 5.71. The third-order valence-corrected chi connectivity index (χ3v) is 2.15. The van der Waals surface area contributed by atoms with Crippen LogP contribution in [0.4, 0.5) is 0 Å². The fourth-order valence-electron chi connectivity index (χ4n) is 1.54. The first-order valence-corrected chi connectivity index (χ1v) is 4.47. The van der Waals surface area contributed by atoms with Gasteiger partial charge in [0.2, 0.25) is 0 Å². The van der Waals surface area contributed by atoms with Crippen molar-refractivity contribution in [2.75, 3.05) is 13.1 Å². The smallest absolute Gasteiger partial charge is 0.191 e. The van der Waals surface area contributed by atoms with Gasteiger partial charge in [-0.2, -0.15) is 0 Å². The van der Waals surface area contributed by atoms with E-state index < -0.39 is 0 Å². The number of rotatable bonds is 4. The van der Waals surface area contributed by atoms with Gasteiger partial charge in [0, 0.05) is 6.54 Å². The van der Waals surface area contributed by atoms with Gasteiger partial charge in [0.25, 0.3) is 0 Å². The summed E-state index contributed by atoms with van der Waals surface area (Å²) < 4.78 is 0. The zero-order valence-corrected chi connectivity index (χ0v) is 7.66. The topological polar surface area (TPSA) is 41.6 Å². The Morgan fingerprint density at radius 3 is 3.17 bits per heavy atom. The number of guanidine groups is 1. The molecule has 2 N–H and O–H groups in total. The Morgan fingerprint density at radius 2 is 2.58 bits per heavy atom. The van der Waals surface area contributed by atoms with Crippen molar-refractivity contribution in [3.05, 3.63) is 12.7 Å². The molecule has 3 nitrogen and oxygen atoms in total. The lowest BCUT2D eigenvalue weighted by atomic mass is 10.1. The maximum absolute atomic E-state index is 5.71. The minimum absolute atomic E-state index is 0.507. The van der Waals surface area contributed by atoms with Crippen LogP contribution in [-0.4, -0.2) is 30.0 Å². The molecule has 0 aromatic carbocycles. The van der Waals surface area contributed by atoms with Crippen LogP contribution in [0.2, 0.25) is 0 Å². The lowest BCUT2D eigenvalue weighted by Crippen LogP contribution is -2.40. The molecule has 0 aliphatic carbocycles. The molecule has 0 bridgehead atoms. The van der Waals surface area contributed by atoms with Crippen LogP contribution in [0.25, 0.3) is 0 Å². The van der Waals surface area contributed by atoms with Crippen molar-refractivity contribution in [3.8, 4) is 0 Å². The standard InChI is InChI=1S/C9H17N3/c1-3-5-8-7-11-9(10)12(8)6-4-2/h4,8H,2-3,5-7H2,1H3,(H2,10,11). The molecule has 1 aliphatic rings. The molecule has 68 valence electrons. The normalized spacial score (nSPS) is 22.6. The SMILES string of the molecule is C=CCN1C(N)=NCC1CCC. The monoisotopic (exact) mass is 167 g/mol. The lowest BCUT2D eigenvalue weighted by molar-refractivity contribution is 0.349. The van der Waals surface area contributed by atoms with Crippen molar-refractivity contribution in [1.29, 1.82) is 0 Å². The second-order valence-electron chi connectivity index (χ2n) is 3.08. The molecule has 0 radical (unpaired) electrons. The van der Waals surface area contributed by atoms with E-state index >= 15 is 0 Å². The zero-order chi connectivity index (χ0) is 8.97. The Labute approximate surface area is 74.0 Å². The van der Waals surface area contributed by atoms with Gasteiger partial charge in [-0.15, -0.1) is 6.58 Å². The third kappa shape index (κ3) is 1.78. The quantitative estimate of drug-likeness (QED) is 0.634. The Balaban J connectivity index is 2.50. The Kier molecular flexibility index (Phi) is 3.14. The average Bonchev–Trinajstić information content (AvgIpc) is 2.37. The van der Waals surface area contributed by atoms with Gasteiger partial charge < -0.3 is 10.6 Å². The molecule has 0 aromatic heterocycles. The minimum Gasteiger partial charge on any atom is -0.370 e. The van der Waals surface area contributed by atoms with Crippen molar-refractivity contribution in [2.45, 2.75) is 25.8 Å². The summed E-state index contributed by atoms with van der Waals surface area (Å²) in [7, 11) is 0. The molecule has 12 heavy (non-hydrogen) atoms. The van der Waals surface area contributed by atoms with Crippen molar-refractivity contribution in [2.24, 2.45) is 10.7 Å². The summed E-state index contributed by atoms with van der Waals surface area (Å²) in [5.74, 6) is 0.674. The van der Waals surface area contributed by atoms with Crippen LogP contribution in [0.5, 0.6) is 0 Å². The van der Waals surface area contributed by atoms with Gasteiger partial charge in [0.05, 0.1) is 12.6 Å². The summed E-state index contributed by atoms with van der Waals surface area (Å²) in [5, 5.41) is 0. The van der Waals surface area contributed by atoms with Gasteiger partial charge in [-0.3, -0.25) is 4.99 Å². The van der Waals surface area contributed by atoms with Gasteiger partial charge in [-0.1, -0.05) is 19.4 Å². The molecule has 1 atom stereocenters. The summed E-state index contributed by atoms with van der Waals surface area (Å²) in [6.45, 7) is 7.56. The maximum Gasteiger partial charge on any atom is 0.191 e. The number of nitrogens with zero attached hydrogens (tertiary/aromatic N) is 2. The predicted octanol–water partition coefficient (Wildman–Crippen LogP) is 0.971. The summed E-state index contributed by atoms with van der Waals surface area (Å²) in [6, 6.07) is 0.507. The summed E-state index contributed by atoms with van der Waals surface area (Å²) >= 11 is 0. The highest BCUT2D eigenvalue weighted by atomic mass is 15.3. The summed E-state index contributed by atoms with van der Waals surface area (Å²) in [6.07, 6.45) is 4.22. The molecule has 0 aromatic rings. The van der Waals surface area contributed by atoms with Gasteiger partial charge in [-0.25, -0.2) is 0 Å². The highest BCUT2D eigenvalue weighted by molar-refractivity contribution is 5.80. The maximum atomic E-state index is 5.71. The van der Waals surface area contributed by atoms with E-state index in [9.17, 15) is 0 Å². The van der Waals surface area contributed by atoms with Crippen LogP contribution in [0.15, 0.2) is 17.6 Å². The molecule has 1 rings (SSSR count). The highest BCUT2D eigenvalue weighted by Gasteiger charge is 2.23. The molecule has 0 saturated carbocycles. The highest BCUT2D eigenvalue weighted by Crippen LogP contribution is 2.12. The van der Waals surface area contributed by atoms with Crippen molar-refractivity contribution in [1.82, 2.24) is 4.90 Å². The fourth-order valence-corrected chi connectivity index (χ4v) is 1.54. The van der Waals surface area contributed by atoms with Gasteiger partial charge >= 0.3 is 0 Å². The van der Waals surface area contributed by atoms with E-state index in [1.54, 1.807) is 0 Å². The first kappa shape index (κ1) is 9.10. The van der Waals surface area contributed by atoms with Crippen LogP contribution < -0.4 is 5.73 Å². The summed E-state index contributed by atoms with van der Waals surface area (Å²) in [4.78, 5) is 6.33. The van der Waals surface area contributed by atoms with E-state index in [1.165, 1.54) is 6.42 Å². The third-order valence-electron chi connectivity index (χ3n) is 2.15. The fraction of sp³-hybridized carbons (Fsp3) is 0.667.